The molecule has 1 N–H and O–H groups in total. The Morgan fingerprint density at radius 2 is 1.95 bits per heavy atom. The van der Waals surface area contributed by atoms with Crippen LogP contribution in [0.2, 0.25) is 0 Å². The summed E-state index contributed by atoms with van der Waals surface area (Å²) in [6.07, 6.45) is 3.35. The van der Waals surface area contributed by atoms with Gasteiger partial charge in [0.15, 0.2) is 0 Å². The van der Waals surface area contributed by atoms with Crippen LogP contribution < -0.4 is 0 Å². The highest BCUT2D eigenvalue weighted by molar-refractivity contribution is 5.80. The third-order valence-corrected chi connectivity index (χ3v) is 4.44. The molecule has 0 aromatic heterocycles. The van der Waals surface area contributed by atoms with Crippen LogP contribution in [0.3, 0.4) is 0 Å². The average molecular weight is 269 g/mol. The number of likely N-dealkylation sites (tertiary alicyclic amines) is 1. The number of hydrogen-bond donors (Lipinski definition) is 1. The molecular weight excluding hydrogens is 246 g/mol. The molecule has 1 amide bonds. The molecule has 2 fully saturated rings. The molecule has 0 aromatic carbocycles. The fourth-order valence-corrected chi connectivity index (χ4v) is 3.08. The molecule has 2 saturated heterocycles. The minimum atomic E-state index is -0.781. The van der Waals surface area contributed by atoms with Gasteiger partial charge in [-0.1, -0.05) is 6.92 Å². The second-order valence-electron chi connectivity index (χ2n) is 5.70. The number of carboxylic acid groups (broad SMARTS) is 1. The van der Waals surface area contributed by atoms with Crippen molar-refractivity contribution in [2.45, 2.75) is 32.6 Å². The first-order valence-corrected chi connectivity index (χ1v) is 7.19. The quantitative estimate of drug-likeness (QED) is 0.840. The zero-order chi connectivity index (χ0) is 13.8. The van der Waals surface area contributed by atoms with Crippen LogP contribution in [-0.2, 0) is 14.3 Å². The summed E-state index contributed by atoms with van der Waals surface area (Å²) in [5.41, 5.74) is 0. The Morgan fingerprint density at radius 3 is 2.58 bits per heavy atom. The molecule has 2 atom stereocenters. The van der Waals surface area contributed by atoms with Gasteiger partial charge in [0.25, 0.3) is 0 Å². The molecular formula is C14H23NO4. The second-order valence-corrected chi connectivity index (χ2v) is 5.70. The molecule has 0 radical (unpaired) electrons. The molecule has 0 spiro atoms. The van der Waals surface area contributed by atoms with Gasteiger partial charge in [-0.2, -0.15) is 0 Å². The van der Waals surface area contributed by atoms with Crippen molar-refractivity contribution in [3.05, 3.63) is 0 Å². The Kier molecular flexibility index (Phi) is 4.80. The Morgan fingerprint density at radius 1 is 1.26 bits per heavy atom. The van der Waals surface area contributed by atoms with Crippen LogP contribution in [0.15, 0.2) is 0 Å². The van der Waals surface area contributed by atoms with Crippen molar-refractivity contribution in [2.75, 3.05) is 26.3 Å². The molecule has 0 bridgehead atoms. The topological polar surface area (TPSA) is 66.8 Å². The molecule has 1 unspecified atom stereocenters. The van der Waals surface area contributed by atoms with E-state index in [-0.39, 0.29) is 17.7 Å². The summed E-state index contributed by atoms with van der Waals surface area (Å²) in [7, 11) is 0. The van der Waals surface area contributed by atoms with Crippen LogP contribution in [0.25, 0.3) is 0 Å². The largest absolute Gasteiger partial charge is 0.481 e. The first-order valence-electron chi connectivity index (χ1n) is 7.19. The summed E-state index contributed by atoms with van der Waals surface area (Å²) in [5.74, 6) is -0.684. The Bertz CT molecular complexity index is 338. The zero-order valence-electron chi connectivity index (χ0n) is 11.5. The summed E-state index contributed by atoms with van der Waals surface area (Å²) < 4.78 is 5.32. The second kappa shape index (κ2) is 6.37. The summed E-state index contributed by atoms with van der Waals surface area (Å²) in [6.45, 7) is 4.53. The Balaban J connectivity index is 1.92. The molecule has 19 heavy (non-hydrogen) atoms. The van der Waals surface area contributed by atoms with Gasteiger partial charge in [-0.3, -0.25) is 9.59 Å². The van der Waals surface area contributed by atoms with Crippen LogP contribution in [0.5, 0.6) is 0 Å². The number of hydrogen-bond acceptors (Lipinski definition) is 3. The van der Waals surface area contributed by atoms with Gasteiger partial charge in [0.05, 0.1) is 5.92 Å². The summed E-state index contributed by atoms with van der Waals surface area (Å²) in [5, 5.41) is 9.07. The van der Waals surface area contributed by atoms with Gasteiger partial charge >= 0.3 is 5.97 Å². The van der Waals surface area contributed by atoms with E-state index in [1.807, 2.05) is 6.92 Å². The molecule has 108 valence electrons. The maximum absolute atomic E-state index is 12.5. The van der Waals surface area contributed by atoms with Crippen molar-refractivity contribution in [3.63, 3.8) is 0 Å². The fourth-order valence-electron chi connectivity index (χ4n) is 3.08. The van der Waals surface area contributed by atoms with E-state index in [0.717, 1.165) is 32.5 Å². The van der Waals surface area contributed by atoms with Crippen molar-refractivity contribution in [3.8, 4) is 0 Å². The van der Waals surface area contributed by atoms with Crippen molar-refractivity contribution < 1.29 is 19.4 Å². The fraction of sp³-hybridized carbons (Fsp3) is 0.857. The predicted molar refractivity (Wildman–Crippen MR) is 69.6 cm³/mol. The monoisotopic (exact) mass is 269 g/mol. The van der Waals surface area contributed by atoms with Gasteiger partial charge in [-0.25, -0.2) is 0 Å². The number of aliphatic carboxylic acids is 1. The van der Waals surface area contributed by atoms with Crippen molar-refractivity contribution >= 4 is 11.9 Å². The molecule has 5 nitrogen and oxygen atoms in total. The lowest BCUT2D eigenvalue weighted by Crippen LogP contribution is -2.46. The Hall–Kier alpha value is -1.10. The molecule has 5 heteroatoms. The number of piperidine rings is 1. The maximum atomic E-state index is 12.5. The molecule has 2 aliphatic rings. The number of amides is 1. The first-order chi connectivity index (χ1) is 9.09. The van der Waals surface area contributed by atoms with Crippen LogP contribution in [-0.4, -0.2) is 48.2 Å². The molecule has 2 aliphatic heterocycles. The van der Waals surface area contributed by atoms with Gasteiger partial charge in [0, 0.05) is 32.2 Å². The van der Waals surface area contributed by atoms with Crippen LogP contribution in [0.1, 0.15) is 32.6 Å². The third kappa shape index (κ3) is 3.47. The Labute approximate surface area is 113 Å². The number of carbonyl (C=O) groups excluding carboxylic acids is 1. The van der Waals surface area contributed by atoms with E-state index in [1.54, 1.807) is 4.90 Å². The smallest absolute Gasteiger partial charge is 0.308 e. The molecule has 2 heterocycles. The van der Waals surface area contributed by atoms with E-state index >= 15 is 0 Å². The third-order valence-electron chi connectivity index (χ3n) is 4.44. The standard InChI is InChI=1S/C14H23NO4/c1-10(11-4-7-19-8-5-11)13(16)15-6-2-3-12(9-15)14(17)18/h10-12H,2-9H2,1H3,(H,17,18)/t10?,12-/m0/s1. The van der Waals surface area contributed by atoms with E-state index < -0.39 is 5.97 Å². The number of rotatable bonds is 3. The maximum Gasteiger partial charge on any atom is 0.308 e. The van der Waals surface area contributed by atoms with Crippen molar-refractivity contribution in [2.24, 2.45) is 17.8 Å². The number of nitrogens with zero attached hydrogens (tertiary/aromatic N) is 1. The molecule has 0 aliphatic carbocycles. The molecule has 0 saturated carbocycles. The van der Waals surface area contributed by atoms with Gasteiger partial charge in [0.1, 0.15) is 0 Å². The van der Waals surface area contributed by atoms with Gasteiger partial charge in [-0.05, 0) is 31.6 Å². The lowest BCUT2D eigenvalue weighted by Gasteiger charge is -2.35. The average Bonchev–Trinajstić information content (AvgIpc) is 2.46. The van der Waals surface area contributed by atoms with Crippen LogP contribution in [0, 0.1) is 17.8 Å². The highest BCUT2D eigenvalue weighted by Gasteiger charge is 2.33. The lowest BCUT2D eigenvalue weighted by atomic mass is 9.85. The highest BCUT2D eigenvalue weighted by atomic mass is 16.5. The number of ether oxygens (including phenoxy) is 1. The zero-order valence-corrected chi connectivity index (χ0v) is 11.5. The van der Waals surface area contributed by atoms with Crippen molar-refractivity contribution in [1.82, 2.24) is 4.90 Å². The van der Waals surface area contributed by atoms with Crippen LogP contribution >= 0.6 is 0 Å². The number of carbonyl (C=O) groups is 2. The van der Waals surface area contributed by atoms with E-state index in [4.69, 9.17) is 9.84 Å². The normalized spacial score (nSPS) is 27.0. The van der Waals surface area contributed by atoms with E-state index in [2.05, 4.69) is 0 Å². The minimum Gasteiger partial charge on any atom is -0.481 e. The lowest BCUT2D eigenvalue weighted by molar-refractivity contribution is -0.147. The van der Waals surface area contributed by atoms with Gasteiger partial charge in [0.2, 0.25) is 5.91 Å². The van der Waals surface area contributed by atoms with E-state index in [1.165, 1.54) is 0 Å². The van der Waals surface area contributed by atoms with E-state index in [9.17, 15) is 9.59 Å². The summed E-state index contributed by atoms with van der Waals surface area (Å²) in [6, 6.07) is 0. The minimum absolute atomic E-state index is 0.0172. The predicted octanol–water partition coefficient (Wildman–Crippen LogP) is 1.37. The summed E-state index contributed by atoms with van der Waals surface area (Å²) >= 11 is 0. The molecule has 0 aromatic rings. The van der Waals surface area contributed by atoms with Crippen molar-refractivity contribution in [1.29, 1.82) is 0 Å². The summed E-state index contributed by atoms with van der Waals surface area (Å²) in [4.78, 5) is 25.2. The van der Waals surface area contributed by atoms with Crippen LogP contribution in [0.4, 0.5) is 0 Å². The van der Waals surface area contributed by atoms with E-state index in [0.29, 0.717) is 25.4 Å². The number of carboxylic acids is 1. The SMILES string of the molecule is CC(C(=O)N1CCC[C@H](C(=O)O)C1)C1CCOCC1. The molecule has 2 rings (SSSR count). The highest BCUT2D eigenvalue weighted by Crippen LogP contribution is 2.27. The first kappa shape index (κ1) is 14.3. The van der Waals surface area contributed by atoms with Gasteiger partial charge < -0.3 is 14.7 Å². The van der Waals surface area contributed by atoms with Gasteiger partial charge in [-0.15, -0.1) is 0 Å².